The van der Waals surface area contributed by atoms with Crippen LogP contribution in [-0.4, -0.2) is 37.2 Å². The highest BCUT2D eigenvalue weighted by molar-refractivity contribution is 5.71. The highest BCUT2D eigenvalue weighted by Gasteiger charge is 2.19. The fourth-order valence-corrected chi connectivity index (χ4v) is 9.35. The Hall–Kier alpha value is -3.15. The van der Waals surface area contributed by atoms with Crippen LogP contribution in [0.3, 0.4) is 0 Å². The van der Waals surface area contributed by atoms with Crippen LogP contribution in [0.1, 0.15) is 329 Å². The maximum absolute atomic E-state index is 12.9. The third kappa shape index (κ3) is 61.6. The molecular weight excluding hydrogens is 925 g/mol. The number of carbonyl (C=O) groups is 3. The largest absolute Gasteiger partial charge is 0.462 e. The first kappa shape index (κ1) is 71.8. The number of hydrogen-bond acceptors (Lipinski definition) is 6. The number of unbranched alkanes of at least 4 members (excludes halogenated alkanes) is 36. The van der Waals surface area contributed by atoms with Gasteiger partial charge in [-0.1, -0.05) is 293 Å². The highest BCUT2D eigenvalue weighted by Crippen LogP contribution is 2.17. The zero-order valence-electron chi connectivity index (χ0n) is 49.8. The lowest BCUT2D eigenvalue weighted by atomic mass is 10.0. The Balaban J connectivity index is 4.41. The molecule has 0 fully saturated rings. The van der Waals surface area contributed by atoms with E-state index in [1.165, 1.54) is 193 Å². The fraction of sp³-hybridized carbons (Fsp3) is 0.783. The van der Waals surface area contributed by atoms with Crippen LogP contribution in [0.4, 0.5) is 0 Å². The summed E-state index contributed by atoms with van der Waals surface area (Å²) in [7, 11) is 0. The summed E-state index contributed by atoms with van der Waals surface area (Å²) in [5.41, 5.74) is 0. The van der Waals surface area contributed by atoms with E-state index in [1.54, 1.807) is 0 Å². The Labute approximate surface area is 465 Å². The molecule has 0 aromatic carbocycles. The summed E-state index contributed by atoms with van der Waals surface area (Å²) in [5.74, 6) is -0.905. The summed E-state index contributed by atoms with van der Waals surface area (Å²) in [6.07, 6.45) is 81.9. The molecule has 0 unspecified atom stereocenters. The van der Waals surface area contributed by atoms with E-state index in [0.717, 1.165) is 96.3 Å². The van der Waals surface area contributed by atoms with Crippen LogP contribution in [0.25, 0.3) is 0 Å². The second-order valence-corrected chi connectivity index (χ2v) is 21.6. The maximum atomic E-state index is 12.9. The zero-order chi connectivity index (χ0) is 54.3. The third-order valence-corrected chi connectivity index (χ3v) is 14.2. The quantitative estimate of drug-likeness (QED) is 0.0261. The van der Waals surface area contributed by atoms with E-state index >= 15 is 0 Å². The molecule has 0 aromatic rings. The topological polar surface area (TPSA) is 78.9 Å². The molecule has 0 N–H and O–H groups in total. The predicted molar refractivity (Wildman–Crippen MR) is 325 cm³/mol. The average molecular weight is 1050 g/mol. The van der Waals surface area contributed by atoms with Crippen LogP contribution < -0.4 is 0 Å². The number of hydrogen-bond donors (Lipinski definition) is 0. The molecule has 0 heterocycles. The van der Waals surface area contributed by atoms with Crippen LogP contribution in [0.15, 0.2) is 72.9 Å². The van der Waals surface area contributed by atoms with E-state index in [2.05, 4.69) is 93.7 Å². The van der Waals surface area contributed by atoms with Gasteiger partial charge in [0.1, 0.15) is 13.2 Å². The molecular formula is C69H122O6. The van der Waals surface area contributed by atoms with Gasteiger partial charge in [0.15, 0.2) is 6.10 Å². The molecule has 0 radical (unpaired) electrons. The summed E-state index contributed by atoms with van der Waals surface area (Å²) in [4.78, 5) is 38.4. The van der Waals surface area contributed by atoms with Gasteiger partial charge in [-0.2, -0.15) is 0 Å². The van der Waals surface area contributed by atoms with E-state index in [4.69, 9.17) is 14.2 Å². The lowest BCUT2D eigenvalue weighted by Crippen LogP contribution is -2.30. The second-order valence-electron chi connectivity index (χ2n) is 21.6. The minimum atomic E-state index is -0.791. The van der Waals surface area contributed by atoms with Crippen molar-refractivity contribution in [3.8, 4) is 0 Å². The third-order valence-electron chi connectivity index (χ3n) is 14.2. The lowest BCUT2D eigenvalue weighted by Gasteiger charge is -2.18. The number of rotatable bonds is 59. The van der Waals surface area contributed by atoms with Gasteiger partial charge in [-0.25, -0.2) is 0 Å². The Morgan fingerprint density at radius 1 is 0.280 bits per heavy atom. The summed E-state index contributed by atoms with van der Waals surface area (Å²) in [5, 5.41) is 0. The van der Waals surface area contributed by atoms with Crippen molar-refractivity contribution in [3.63, 3.8) is 0 Å². The molecule has 0 amide bonds. The van der Waals surface area contributed by atoms with Crippen molar-refractivity contribution in [3.05, 3.63) is 72.9 Å². The first-order chi connectivity index (χ1) is 37.0. The molecule has 0 spiro atoms. The molecule has 6 heteroatoms. The number of ether oxygens (including phenoxy) is 3. The van der Waals surface area contributed by atoms with Crippen molar-refractivity contribution < 1.29 is 28.6 Å². The molecule has 0 aliphatic heterocycles. The standard InChI is InChI=1S/C69H122O6/c1-4-7-10-13-16-19-22-25-28-31-34-37-40-43-46-49-52-55-58-61-67(70)73-64-66(75-69(72)63-60-57-54-51-48-45-42-39-36-33-30-27-24-21-18-15-12-9-6-3)65-74-68(71)62-59-56-53-50-47-44-41-38-35-32-29-26-23-20-17-14-11-8-5-2/h7,10,16,19,25,28,33-34,36-37,43,46,66H,4-6,8-9,11-15,17-18,20-24,26-27,29-32,35,38-42,44-45,47-65H2,1-3H3/b10-7-,19-16-,28-25-,36-33-,37-34-,46-43-/t66-/m0/s1. The van der Waals surface area contributed by atoms with E-state index in [9.17, 15) is 14.4 Å². The molecule has 434 valence electrons. The first-order valence-electron chi connectivity index (χ1n) is 32.4. The van der Waals surface area contributed by atoms with Gasteiger partial charge < -0.3 is 14.2 Å². The van der Waals surface area contributed by atoms with E-state index < -0.39 is 6.10 Å². The van der Waals surface area contributed by atoms with Crippen molar-refractivity contribution in [2.75, 3.05) is 13.2 Å². The van der Waals surface area contributed by atoms with Crippen LogP contribution in [-0.2, 0) is 28.6 Å². The van der Waals surface area contributed by atoms with Crippen molar-refractivity contribution in [1.29, 1.82) is 0 Å². The van der Waals surface area contributed by atoms with E-state index in [0.29, 0.717) is 19.3 Å². The van der Waals surface area contributed by atoms with Gasteiger partial charge in [0, 0.05) is 19.3 Å². The van der Waals surface area contributed by atoms with E-state index in [-0.39, 0.29) is 31.1 Å². The molecule has 0 aliphatic carbocycles. The monoisotopic (exact) mass is 1050 g/mol. The average Bonchev–Trinajstić information content (AvgIpc) is 3.41. The van der Waals surface area contributed by atoms with Crippen molar-refractivity contribution in [2.45, 2.75) is 335 Å². The molecule has 0 bridgehead atoms. The van der Waals surface area contributed by atoms with E-state index in [1.807, 2.05) is 0 Å². The smallest absolute Gasteiger partial charge is 0.306 e. The summed E-state index contributed by atoms with van der Waals surface area (Å²) >= 11 is 0. The predicted octanol–water partition coefficient (Wildman–Crippen LogP) is 22.1. The number of esters is 3. The van der Waals surface area contributed by atoms with Gasteiger partial charge in [-0.3, -0.25) is 14.4 Å². The van der Waals surface area contributed by atoms with Gasteiger partial charge >= 0.3 is 17.9 Å². The van der Waals surface area contributed by atoms with Gasteiger partial charge in [0.25, 0.3) is 0 Å². The normalized spacial score (nSPS) is 12.5. The molecule has 0 aliphatic rings. The Morgan fingerprint density at radius 2 is 0.520 bits per heavy atom. The van der Waals surface area contributed by atoms with Gasteiger partial charge in [-0.05, 0) is 89.9 Å². The zero-order valence-corrected chi connectivity index (χ0v) is 49.8. The SMILES string of the molecule is CC/C=C\C/C=C\C/C=C\C/C=C\C/C=C\CCCCCC(=O)OC[C@@H](COC(=O)CCCCCCCCCCCCCCCCCCCCC)OC(=O)CCCCCCCCC/C=C\CCCCCCCCCC. The summed E-state index contributed by atoms with van der Waals surface area (Å²) in [6, 6.07) is 0. The number of allylic oxidation sites excluding steroid dienone is 12. The molecule has 0 rings (SSSR count). The molecule has 75 heavy (non-hydrogen) atoms. The Bertz CT molecular complexity index is 1390. The van der Waals surface area contributed by atoms with Gasteiger partial charge in [-0.15, -0.1) is 0 Å². The van der Waals surface area contributed by atoms with Crippen molar-refractivity contribution in [2.24, 2.45) is 0 Å². The van der Waals surface area contributed by atoms with Crippen molar-refractivity contribution >= 4 is 17.9 Å². The first-order valence-corrected chi connectivity index (χ1v) is 32.4. The molecule has 0 saturated heterocycles. The summed E-state index contributed by atoms with van der Waals surface area (Å²) < 4.78 is 16.9. The maximum Gasteiger partial charge on any atom is 0.306 e. The van der Waals surface area contributed by atoms with Crippen LogP contribution in [0.5, 0.6) is 0 Å². The van der Waals surface area contributed by atoms with Crippen LogP contribution in [0, 0.1) is 0 Å². The molecule has 0 aromatic heterocycles. The van der Waals surface area contributed by atoms with Crippen LogP contribution in [0.2, 0.25) is 0 Å². The Kier molecular flexibility index (Phi) is 60.7. The van der Waals surface area contributed by atoms with Gasteiger partial charge in [0.2, 0.25) is 0 Å². The molecule has 6 nitrogen and oxygen atoms in total. The lowest BCUT2D eigenvalue weighted by molar-refractivity contribution is -0.167. The number of carbonyl (C=O) groups excluding carboxylic acids is 3. The Morgan fingerprint density at radius 3 is 0.840 bits per heavy atom. The molecule has 1 atom stereocenters. The second kappa shape index (κ2) is 63.4. The fourth-order valence-electron chi connectivity index (χ4n) is 9.35. The highest BCUT2D eigenvalue weighted by atomic mass is 16.6. The summed E-state index contributed by atoms with van der Waals surface area (Å²) in [6.45, 7) is 6.54. The van der Waals surface area contributed by atoms with Crippen molar-refractivity contribution in [1.82, 2.24) is 0 Å². The minimum absolute atomic E-state index is 0.0847. The molecule has 0 saturated carbocycles. The van der Waals surface area contributed by atoms with Gasteiger partial charge in [0.05, 0.1) is 0 Å². The van der Waals surface area contributed by atoms with Crippen LogP contribution >= 0.6 is 0 Å². The minimum Gasteiger partial charge on any atom is -0.462 e.